The zero-order chi connectivity index (χ0) is 22.7. The highest BCUT2D eigenvalue weighted by molar-refractivity contribution is 7.16. The van der Waals surface area contributed by atoms with Crippen LogP contribution in [0.15, 0.2) is 60.8 Å². The van der Waals surface area contributed by atoms with E-state index in [1.54, 1.807) is 29.7 Å². The Morgan fingerprint density at radius 3 is 2.28 bits per heavy atom. The number of pyridine rings is 1. The van der Waals surface area contributed by atoms with Crippen LogP contribution < -0.4 is 10.6 Å². The molecule has 7 heteroatoms. The average Bonchev–Trinajstić information content (AvgIpc) is 3.05. The molecule has 2 N–H and O–H groups in total. The molecule has 4 aromatic rings. The maximum atomic E-state index is 12.9. The van der Waals surface area contributed by atoms with Crippen LogP contribution >= 0.6 is 11.3 Å². The number of thiophene rings is 1. The summed E-state index contributed by atoms with van der Waals surface area (Å²) in [5.41, 5.74) is 5.28. The van der Waals surface area contributed by atoms with Gasteiger partial charge in [0, 0.05) is 33.6 Å². The molecule has 0 fully saturated rings. The molecule has 0 radical (unpaired) electrons. The van der Waals surface area contributed by atoms with Crippen LogP contribution in [-0.4, -0.2) is 20.9 Å². The standard InChI is InChI=1S/C25H25N5OS/c1-15-14-16(2)28-25(27-15)29-22(20-12-8-9-13-26-20)21-17(3)18(4)32-24(21)30-23(31)19-10-6-5-7-11-19/h5-14,22H,1-4H3,(H,30,31)(H,27,28,29)/t22-/m1/s1. The predicted octanol–water partition coefficient (Wildman–Crippen LogP) is 5.62. The van der Waals surface area contributed by atoms with Crippen LogP contribution in [-0.2, 0) is 0 Å². The summed E-state index contributed by atoms with van der Waals surface area (Å²) in [6.07, 6.45) is 1.77. The van der Waals surface area contributed by atoms with Crippen molar-refractivity contribution in [1.29, 1.82) is 0 Å². The van der Waals surface area contributed by atoms with E-state index in [1.807, 2.05) is 56.3 Å². The van der Waals surface area contributed by atoms with E-state index in [0.717, 1.165) is 38.1 Å². The molecule has 6 nitrogen and oxygen atoms in total. The van der Waals surface area contributed by atoms with Gasteiger partial charge in [-0.1, -0.05) is 24.3 Å². The van der Waals surface area contributed by atoms with Crippen LogP contribution in [0.1, 0.15) is 49.5 Å². The smallest absolute Gasteiger partial charge is 0.256 e. The molecule has 3 heterocycles. The Morgan fingerprint density at radius 1 is 0.938 bits per heavy atom. The zero-order valence-electron chi connectivity index (χ0n) is 18.5. The van der Waals surface area contributed by atoms with Crippen molar-refractivity contribution in [2.45, 2.75) is 33.7 Å². The van der Waals surface area contributed by atoms with E-state index in [-0.39, 0.29) is 11.9 Å². The Labute approximate surface area is 191 Å². The molecule has 0 saturated carbocycles. The Morgan fingerprint density at radius 2 is 1.62 bits per heavy atom. The number of hydrogen-bond acceptors (Lipinski definition) is 6. The summed E-state index contributed by atoms with van der Waals surface area (Å²) in [6.45, 7) is 8.02. The van der Waals surface area contributed by atoms with Crippen molar-refractivity contribution in [2.75, 3.05) is 10.6 Å². The number of rotatable bonds is 6. The van der Waals surface area contributed by atoms with Crippen LogP contribution in [0.4, 0.5) is 10.9 Å². The van der Waals surface area contributed by atoms with Crippen molar-refractivity contribution < 1.29 is 4.79 Å². The molecule has 0 aliphatic heterocycles. The van der Waals surface area contributed by atoms with Crippen LogP contribution in [0.25, 0.3) is 0 Å². The number of amides is 1. The highest BCUT2D eigenvalue weighted by atomic mass is 32.1. The van der Waals surface area contributed by atoms with E-state index in [2.05, 4.69) is 39.4 Å². The lowest BCUT2D eigenvalue weighted by Crippen LogP contribution is -2.19. The number of nitrogens with one attached hydrogen (secondary N) is 2. The number of aryl methyl sites for hydroxylation is 3. The minimum absolute atomic E-state index is 0.143. The van der Waals surface area contributed by atoms with Gasteiger partial charge in [-0.2, -0.15) is 0 Å². The zero-order valence-corrected chi connectivity index (χ0v) is 19.3. The summed E-state index contributed by atoms with van der Waals surface area (Å²) in [4.78, 5) is 27.8. The fourth-order valence-corrected chi connectivity index (χ4v) is 4.70. The molecule has 3 aromatic heterocycles. The number of aromatic nitrogens is 3. The van der Waals surface area contributed by atoms with Crippen molar-refractivity contribution in [3.8, 4) is 0 Å². The third-order valence-electron chi connectivity index (χ3n) is 5.22. The van der Waals surface area contributed by atoms with E-state index in [4.69, 9.17) is 0 Å². The van der Waals surface area contributed by atoms with E-state index in [0.29, 0.717) is 11.5 Å². The Kier molecular flexibility index (Phi) is 6.28. The molecule has 4 rings (SSSR count). The van der Waals surface area contributed by atoms with Gasteiger partial charge < -0.3 is 10.6 Å². The molecular weight excluding hydrogens is 418 g/mol. The Bertz CT molecular complexity index is 1220. The van der Waals surface area contributed by atoms with Gasteiger partial charge in [-0.15, -0.1) is 11.3 Å². The first-order valence-corrected chi connectivity index (χ1v) is 11.2. The van der Waals surface area contributed by atoms with Crippen molar-refractivity contribution >= 4 is 28.2 Å². The molecule has 0 saturated heterocycles. The topological polar surface area (TPSA) is 79.8 Å². The van der Waals surface area contributed by atoms with Crippen LogP contribution in [0.3, 0.4) is 0 Å². The maximum Gasteiger partial charge on any atom is 0.256 e. The van der Waals surface area contributed by atoms with Gasteiger partial charge in [-0.25, -0.2) is 9.97 Å². The SMILES string of the molecule is Cc1cc(C)nc(N[C@H](c2ccccn2)c2c(NC(=O)c3ccccc3)sc(C)c2C)n1. The molecule has 0 spiro atoms. The van der Waals surface area contributed by atoms with Gasteiger partial charge in [-0.05, 0) is 63.6 Å². The molecular formula is C25H25N5OS. The normalized spacial score (nSPS) is 11.8. The van der Waals surface area contributed by atoms with E-state index in [9.17, 15) is 4.79 Å². The third kappa shape index (κ3) is 4.68. The number of hydrogen-bond donors (Lipinski definition) is 2. The molecule has 0 bridgehead atoms. The van der Waals surface area contributed by atoms with Crippen molar-refractivity contribution in [3.05, 3.63) is 99.4 Å². The first kappa shape index (κ1) is 21.6. The molecule has 162 valence electrons. The minimum Gasteiger partial charge on any atom is -0.342 e. The van der Waals surface area contributed by atoms with E-state index < -0.39 is 0 Å². The maximum absolute atomic E-state index is 12.9. The number of anilines is 2. The second kappa shape index (κ2) is 9.28. The quantitative estimate of drug-likeness (QED) is 0.404. The minimum atomic E-state index is -0.326. The molecule has 1 atom stereocenters. The molecule has 32 heavy (non-hydrogen) atoms. The number of nitrogens with zero attached hydrogens (tertiary/aromatic N) is 3. The lowest BCUT2D eigenvalue weighted by atomic mass is 10.00. The second-order valence-corrected chi connectivity index (χ2v) is 8.88. The van der Waals surface area contributed by atoms with Gasteiger partial charge >= 0.3 is 0 Å². The number of carbonyl (C=O) groups excluding carboxylic acids is 1. The highest BCUT2D eigenvalue weighted by Gasteiger charge is 2.26. The lowest BCUT2D eigenvalue weighted by molar-refractivity contribution is 0.102. The lowest BCUT2D eigenvalue weighted by Gasteiger charge is -2.21. The van der Waals surface area contributed by atoms with E-state index >= 15 is 0 Å². The van der Waals surface area contributed by atoms with Gasteiger partial charge in [0.2, 0.25) is 5.95 Å². The molecule has 1 amide bonds. The summed E-state index contributed by atoms with van der Waals surface area (Å²) in [6, 6.07) is 16.6. The molecule has 1 aromatic carbocycles. The van der Waals surface area contributed by atoms with E-state index in [1.165, 1.54) is 0 Å². The first-order chi connectivity index (χ1) is 15.4. The Hall–Kier alpha value is -3.58. The van der Waals surface area contributed by atoms with Gasteiger partial charge in [0.15, 0.2) is 0 Å². The van der Waals surface area contributed by atoms with Gasteiger partial charge in [0.1, 0.15) is 5.00 Å². The molecule has 0 aliphatic carbocycles. The monoisotopic (exact) mass is 443 g/mol. The fourth-order valence-electron chi connectivity index (χ4n) is 3.61. The molecule has 0 unspecified atom stereocenters. The number of benzene rings is 1. The summed E-state index contributed by atoms with van der Waals surface area (Å²) >= 11 is 1.56. The summed E-state index contributed by atoms with van der Waals surface area (Å²) in [5.74, 6) is 0.386. The largest absolute Gasteiger partial charge is 0.342 e. The van der Waals surface area contributed by atoms with Crippen molar-refractivity contribution in [3.63, 3.8) is 0 Å². The average molecular weight is 444 g/mol. The van der Waals surface area contributed by atoms with Crippen molar-refractivity contribution in [1.82, 2.24) is 15.0 Å². The Balaban J connectivity index is 1.78. The second-order valence-electron chi connectivity index (χ2n) is 7.65. The van der Waals surface area contributed by atoms with Crippen LogP contribution in [0.5, 0.6) is 0 Å². The molecule has 0 aliphatic rings. The summed E-state index contributed by atoms with van der Waals surface area (Å²) in [7, 11) is 0. The van der Waals surface area contributed by atoms with Gasteiger partial charge in [0.25, 0.3) is 5.91 Å². The fraction of sp³-hybridized carbons (Fsp3) is 0.200. The van der Waals surface area contributed by atoms with Gasteiger partial charge in [-0.3, -0.25) is 9.78 Å². The summed E-state index contributed by atoms with van der Waals surface area (Å²) in [5, 5.41) is 7.38. The number of carbonyl (C=O) groups is 1. The van der Waals surface area contributed by atoms with Crippen molar-refractivity contribution in [2.24, 2.45) is 0 Å². The van der Waals surface area contributed by atoms with Crippen LogP contribution in [0, 0.1) is 27.7 Å². The highest BCUT2D eigenvalue weighted by Crippen LogP contribution is 2.40. The predicted molar refractivity (Wildman–Crippen MR) is 129 cm³/mol. The van der Waals surface area contributed by atoms with Crippen LogP contribution in [0.2, 0.25) is 0 Å². The summed E-state index contributed by atoms with van der Waals surface area (Å²) < 4.78 is 0. The first-order valence-electron chi connectivity index (χ1n) is 10.4. The van der Waals surface area contributed by atoms with Gasteiger partial charge in [0.05, 0.1) is 11.7 Å². The third-order valence-corrected chi connectivity index (χ3v) is 6.36.